The van der Waals surface area contributed by atoms with Crippen molar-refractivity contribution < 1.29 is 0 Å². The first-order valence-corrected chi connectivity index (χ1v) is 13.0. The Kier molecular flexibility index (Phi) is 4.55. The van der Waals surface area contributed by atoms with Crippen LogP contribution in [0.5, 0.6) is 0 Å². The lowest BCUT2D eigenvalue weighted by Gasteiger charge is -2.11. The summed E-state index contributed by atoms with van der Waals surface area (Å²) in [6.07, 6.45) is 0. The number of fused-ring (bicyclic) bond motifs is 6. The fourth-order valence-electron chi connectivity index (χ4n) is 6.11. The van der Waals surface area contributed by atoms with Crippen LogP contribution in [0.25, 0.3) is 66.1 Å². The summed E-state index contributed by atoms with van der Waals surface area (Å²) in [7, 11) is 0. The number of nitrogens with zero attached hydrogens (tertiary/aromatic N) is 2. The summed E-state index contributed by atoms with van der Waals surface area (Å²) in [4.78, 5) is 0. The summed E-state index contributed by atoms with van der Waals surface area (Å²) < 4.78 is 4.81. The van der Waals surface area contributed by atoms with Gasteiger partial charge >= 0.3 is 0 Å². The summed E-state index contributed by atoms with van der Waals surface area (Å²) in [5, 5.41) is 5.09. The predicted octanol–water partition coefficient (Wildman–Crippen LogP) is 9.55. The molecule has 0 spiro atoms. The molecule has 0 amide bonds. The Balaban J connectivity index is 1.48. The summed E-state index contributed by atoms with van der Waals surface area (Å²) in [6, 6.07) is 52.4. The average Bonchev–Trinajstić information content (AvgIpc) is 3.50. The van der Waals surface area contributed by atoms with Crippen LogP contribution < -0.4 is 0 Å². The molecule has 8 rings (SSSR count). The van der Waals surface area contributed by atoms with Crippen LogP contribution in [0.3, 0.4) is 0 Å². The molecule has 0 aliphatic heterocycles. The lowest BCUT2D eigenvalue weighted by Crippen LogP contribution is -1.96. The standard InChI is InChI=1S/C36H24N2/c1-3-12-25(13-4-1)28-18-11-21-34-36(28)31-17-8-10-20-33(31)38(34)27-22-23-30-29-16-7-9-19-32(29)37(35(30)24-27)26-14-5-2-6-15-26/h1-24H. The van der Waals surface area contributed by atoms with Gasteiger partial charge in [0, 0.05) is 32.9 Å². The van der Waals surface area contributed by atoms with Gasteiger partial charge in [-0.05, 0) is 53.6 Å². The minimum atomic E-state index is 1.16. The third-order valence-corrected chi connectivity index (χ3v) is 7.71. The van der Waals surface area contributed by atoms with E-state index in [0.717, 1.165) is 5.69 Å². The maximum atomic E-state index is 2.42. The van der Waals surface area contributed by atoms with Gasteiger partial charge in [0.2, 0.25) is 0 Å². The molecule has 0 bridgehead atoms. The van der Waals surface area contributed by atoms with Crippen molar-refractivity contribution in [3.63, 3.8) is 0 Å². The van der Waals surface area contributed by atoms with Crippen LogP contribution in [0, 0.1) is 0 Å². The fraction of sp³-hybridized carbons (Fsp3) is 0. The molecular formula is C36H24N2. The van der Waals surface area contributed by atoms with E-state index >= 15 is 0 Å². The van der Waals surface area contributed by atoms with Gasteiger partial charge in [0.25, 0.3) is 0 Å². The van der Waals surface area contributed by atoms with Crippen molar-refractivity contribution in [1.82, 2.24) is 9.13 Å². The van der Waals surface area contributed by atoms with Gasteiger partial charge in [-0.1, -0.05) is 103 Å². The lowest BCUT2D eigenvalue weighted by molar-refractivity contribution is 1.15. The van der Waals surface area contributed by atoms with E-state index in [1.54, 1.807) is 0 Å². The van der Waals surface area contributed by atoms with Gasteiger partial charge in [0.05, 0.1) is 22.1 Å². The quantitative estimate of drug-likeness (QED) is 0.236. The molecule has 6 aromatic carbocycles. The fourth-order valence-corrected chi connectivity index (χ4v) is 6.11. The zero-order valence-corrected chi connectivity index (χ0v) is 20.8. The molecule has 2 heteroatoms. The van der Waals surface area contributed by atoms with Crippen LogP contribution in [0.1, 0.15) is 0 Å². The second kappa shape index (κ2) is 8.22. The highest BCUT2D eigenvalue weighted by molar-refractivity contribution is 6.16. The molecule has 0 radical (unpaired) electrons. The molecule has 0 unspecified atom stereocenters. The monoisotopic (exact) mass is 484 g/mol. The maximum Gasteiger partial charge on any atom is 0.0561 e. The van der Waals surface area contributed by atoms with Crippen molar-refractivity contribution in [2.45, 2.75) is 0 Å². The number of benzene rings is 6. The summed E-state index contributed by atoms with van der Waals surface area (Å²) in [5.41, 5.74) is 9.69. The average molecular weight is 485 g/mol. The minimum Gasteiger partial charge on any atom is -0.309 e. The molecule has 0 saturated carbocycles. The number of para-hydroxylation sites is 3. The topological polar surface area (TPSA) is 9.86 Å². The van der Waals surface area contributed by atoms with Gasteiger partial charge in [-0.3, -0.25) is 0 Å². The van der Waals surface area contributed by atoms with Crippen molar-refractivity contribution in [3.05, 3.63) is 146 Å². The highest BCUT2D eigenvalue weighted by Gasteiger charge is 2.18. The zero-order valence-electron chi connectivity index (χ0n) is 20.8. The van der Waals surface area contributed by atoms with Crippen LogP contribution in [0.15, 0.2) is 146 Å². The molecule has 0 aliphatic rings. The summed E-state index contributed by atoms with van der Waals surface area (Å²) in [5.74, 6) is 0. The molecule has 178 valence electrons. The third-order valence-electron chi connectivity index (χ3n) is 7.71. The zero-order chi connectivity index (χ0) is 25.1. The molecule has 2 nitrogen and oxygen atoms in total. The Morgan fingerprint density at radius 2 is 0.921 bits per heavy atom. The third kappa shape index (κ3) is 3.01. The van der Waals surface area contributed by atoms with E-state index in [9.17, 15) is 0 Å². The van der Waals surface area contributed by atoms with E-state index in [1.807, 2.05) is 0 Å². The first-order chi connectivity index (χ1) is 18.9. The van der Waals surface area contributed by atoms with Crippen LogP contribution in [-0.4, -0.2) is 9.13 Å². The van der Waals surface area contributed by atoms with E-state index in [1.165, 1.54) is 60.4 Å². The molecule has 8 aromatic rings. The number of hydrogen-bond donors (Lipinski definition) is 0. The number of hydrogen-bond acceptors (Lipinski definition) is 0. The van der Waals surface area contributed by atoms with E-state index in [2.05, 4.69) is 155 Å². The molecule has 0 N–H and O–H groups in total. The summed E-state index contributed by atoms with van der Waals surface area (Å²) >= 11 is 0. The van der Waals surface area contributed by atoms with Crippen molar-refractivity contribution >= 4 is 43.6 Å². The highest BCUT2D eigenvalue weighted by atomic mass is 15.0. The molecule has 0 saturated heterocycles. The van der Waals surface area contributed by atoms with Gasteiger partial charge in [0.15, 0.2) is 0 Å². The highest BCUT2D eigenvalue weighted by Crippen LogP contribution is 2.40. The minimum absolute atomic E-state index is 1.16. The largest absolute Gasteiger partial charge is 0.309 e. The Bertz CT molecular complexity index is 2110. The lowest BCUT2D eigenvalue weighted by atomic mass is 9.99. The van der Waals surface area contributed by atoms with E-state index < -0.39 is 0 Å². The Hall–Kier alpha value is -5.08. The smallest absolute Gasteiger partial charge is 0.0561 e. The van der Waals surface area contributed by atoms with Gasteiger partial charge < -0.3 is 9.13 Å². The van der Waals surface area contributed by atoms with E-state index in [-0.39, 0.29) is 0 Å². The molecule has 2 heterocycles. The van der Waals surface area contributed by atoms with E-state index in [0.29, 0.717) is 0 Å². The number of aromatic nitrogens is 2. The molecule has 0 fully saturated rings. The van der Waals surface area contributed by atoms with Crippen LogP contribution >= 0.6 is 0 Å². The second-order valence-corrected chi connectivity index (χ2v) is 9.81. The van der Waals surface area contributed by atoms with Crippen LogP contribution in [0.2, 0.25) is 0 Å². The Morgan fingerprint density at radius 1 is 0.342 bits per heavy atom. The normalized spacial score (nSPS) is 11.7. The summed E-state index contributed by atoms with van der Waals surface area (Å²) in [6.45, 7) is 0. The molecule has 0 atom stereocenters. The molecule has 2 aromatic heterocycles. The predicted molar refractivity (Wildman–Crippen MR) is 161 cm³/mol. The van der Waals surface area contributed by atoms with Crippen LogP contribution in [0.4, 0.5) is 0 Å². The van der Waals surface area contributed by atoms with E-state index in [4.69, 9.17) is 0 Å². The van der Waals surface area contributed by atoms with Crippen molar-refractivity contribution in [2.24, 2.45) is 0 Å². The van der Waals surface area contributed by atoms with Gasteiger partial charge in [0.1, 0.15) is 0 Å². The van der Waals surface area contributed by atoms with Crippen molar-refractivity contribution in [2.75, 3.05) is 0 Å². The molecule has 0 aliphatic carbocycles. The first kappa shape index (κ1) is 21.0. The number of rotatable bonds is 3. The van der Waals surface area contributed by atoms with Crippen molar-refractivity contribution in [3.8, 4) is 22.5 Å². The Labute approximate surface area is 220 Å². The Morgan fingerprint density at radius 3 is 1.71 bits per heavy atom. The molecule has 38 heavy (non-hydrogen) atoms. The van der Waals surface area contributed by atoms with Crippen molar-refractivity contribution in [1.29, 1.82) is 0 Å². The van der Waals surface area contributed by atoms with Gasteiger partial charge in [-0.2, -0.15) is 0 Å². The SMILES string of the molecule is c1ccc(-c2cccc3c2c2ccccc2n3-c2ccc3c4ccccc4n(-c4ccccc4)c3c2)cc1. The second-order valence-electron chi connectivity index (χ2n) is 9.81. The van der Waals surface area contributed by atoms with Gasteiger partial charge in [-0.15, -0.1) is 0 Å². The van der Waals surface area contributed by atoms with Crippen LogP contribution in [-0.2, 0) is 0 Å². The molecular weight excluding hydrogens is 460 g/mol. The van der Waals surface area contributed by atoms with Gasteiger partial charge in [-0.25, -0.2) is 0 Å². The first-order valence-electron chi connectivity index (χ1n) is 13.0. The maximum absolute atomic E-state index is 2.42.